The van der Waals surface area contributed by atoms with Crippen molar-refractivity contribution in [2.45, 2.75) is 65.0 Å². The normalized spacial score (nSPS) is 23.7. The van der Waals surface area contributed by atoms with Crippen molar-refractivity contribution in [3.8, 4) is 0 Å². The second-order valence-electron chi connectivity index (χ2n) is 7.35. The van der Waals surface area contributed by atoms with Crippen molar-refractivity contribution in [1.29, 1.82) is 0 Å². The first-order valence-corrected chi connectivity index (χ1v) is 9.65. The molecule has 1 aromatic heterocycles. The van der Waals surface area contributed by atoms with E-state index in [1.54, 1.807) is 6.20 Å². The lowest BCUT2D eigenvalue weighted by atomic mass is 9.83. The summed E-state index contributed by atoms with van der Waals surface area (Å²) in [6.45, 7) is 7.42. The molecule has 25 heavy (non-hydrogen) atoms. The fourth-order valence-electron chi connectivity index (χ4n) is 4.31. The first-order chi connectivity index (χ1) is 12.1. The van der Waals surface area contributed by atoms with Crippen LogP contribution < -0.4 is 0 Å². The van der Waals surface area contributed by atoms with Crippen LogP contribution in [0, 0.1) is 12.8 Å². The Kier molecular flexibility index (Phi) is 5.76. The van der Waals surface area contributed by atoms with Crippen LogP contribution in [0.25, 0.3) is 0 Å². The first-order valence-electron chi connectivity index (χ1n) is 9.65. The minimum atomic E-state index is 0.259. The third kappa shape index (κ3) is 4.05. The number of carbonyl (C=O) groups is 2. The van der Waals surface area contributed by atoms with E-state index in [2.05, 4.69) is 21.4 Å². The Labute approximate surface area is 150 Å². The highest BCUT2D eigenvalue weighted by molar-refractivity contribution is 5.78. The van der Waals surface area contributed by atoms with E-state index in [1.807, 2.05) is 18.0 Å². The number of aromatic nitrogens is 2. The van der Waals surface area contributed by atoms with Gasteiger partial charge in [-0.05, 0) is 38.5 Å². The molecule has 0 aromatic carbocycles. The molecule has 138 valence electrons. The molecule has 0 radical (unpaired) electrons. The van der Waals surface area contributed by atoms with Gasteiger partial charge in [-0.2, -0.15) is 0 Å². The zero-order chi connectivity index (χ0) is 17.8. The monoisotopic (exact) mass is 346 g/mol. The Hall–Kier alpha value is -1.85. The van der Waals surface area contributed by atoms with Crippen LogP contribution in [0.2, 0.25) is 0 Å². The molecule has 0 spiro atoms. The number of rotatable bonds is 6. The summed E-state index contributed by atoms with van der Waals surface area (Å²) in [6, 6.07) is 0.346. The zero-order valence-electron chi connectivity index (χ0n) is 15.5. The van der Waals surface area contributed by atoms with Crippen LogP contribution >= 0.6 is 0 Å². The highest BCUT2D eigenvalue weighted by atomic mass is 16.2. The molecule has 1 aromatic rings. The summed E-state index contributed by atoms with van der Waals surface area (Å²) in [6.07, 6.45) is 8.72. The number of likely N-dealkylation sites (tertiary alicyclic amines) is 2. The number of hydrogen-bond donors (Lipinski definition) is 0. The molecule has 0 aliphatic carbocycles. The largest absolute Gasteiger partial charge is 0.342 e. The van der Waals surface area contributed by atoms with Crippen molar-refractivity contribution < 1.29 is 9.59 Å². The van der Waals surface area contributed by atoms with Gasteiger partial charge in [-0.3, -0.25) is 9.59 Å². The van der Waals surface area contributed by atoms with E-state index in [0.717, 1.165) is 57.7 Å². The molecule has 2 aliphatic rings. The summed E-state index contributed by atoms with van der Waals surface area (Å²) in [7, 11) is 0. The molecule has 2 aliphatic heterocycles. The Balaban J connectivity index is 1.49. The standard InChI is InChI=1S/C19H30N4O2/c1-3-10-23-17-8-12-22(14-16(17)6-7-19(23)25)18(24)5-4-11-21-13-9-20-15(21)2/h9,13,16-17H,3-8,10-12,14H2,1-2H3/t16-,17+/m0/s1. The molecule has 2 amide bonds. The summed E-state index contributed by atoms with van der Waals surface area (Å²) >= 11 is 0. The van der Waals surface area contributed by atoms with Crippen LogP contribution in [-0.2, 0) is 16.1 Å². The number of hydrogen-bond acceptors (Lipinski definition) is 3. The van der Waals surface area contributed by atoms with Gasteiger partial charge in [-0.25, -0.2) is 4.98 Å². The van der Waals surface area contributed by atoms with Gasteiger partial charge in [0.05, 0.1) is 0 Å². The molecule has 0 bridgehead atoms. The summed E-state index contributed by atoms with van der Waals surface area (Å²) < 4.78 is 2.09. The molecule has 0 N–H and O–H groups in total. The average molecular weight is 346 g/mol. The van der Waals surface area contributed by atoms with E-state index in [0.29, 0.717) is 30.7 Å². The molecule has 2 fully saturated rings. The number of carbonyl (C=O) groups excluding carboxylic acids is 2. The lowest BCUT2D eigenvalue weighted by Gasteiger charge is -2.47. The topological polar surface area (TPSA) is 58.4 Å². The minimum absolute atomic E-state index is 0.259. The van der Waals surface area contributed by atoms with E-state index >= 15 is 0 Å². The van der Waals surface area contributed by atoms with Crippen LogP contribution in [0.15, 0.2) is 12.4 Å². The molecule has 0 unspecified atom stereocenters. The summed E-state index contributed by atoms with van der Waals surface area (Å²) in [4.78, 5) is 33.1. The molecular formula is C19H30N4O2. The third-order valence-corrected chi connectivity index (χ3v) is 5.67. The fraction of sp³-hybridized carbons (Fsp3) is 0.737. The molecular weight excluding hydrogens is 316 g/mol. The van der Waals surface area contributed by atoms with Crippen molar-refractivity contribution in [3.05, 3.63) is 18.2 Å². The number of aryl methyl sites for hydroxylation is 2. The maximum atomic E-state index is 12.6. The molecule has 6 nitrogen and oxygen atoms in total. The maximum absolute atomic E-state index is 12.6. The van der Waals surface area contributed by atoms with E-state index in [-0.39, 0.29) is 5.91 Å². The van der Waals surface area contributed by atoms with Gasteiger partial charge in [0.2, 0.25) is 11.8 Å². The number of fused-ring (bicyclic) bond motifs is 1. The molecule has 2 saturated heterocycles. The smallest absolute Gasteiger partial charge is 0.222 e. The Morgan fingerprint density at radius 1 is 1.32 bits per heavy atom. The molecule has 2 atom stereocenters. The van der Waals surface area contributed by atoms with Crippen LogP contribution in [0.1, 0.15) is 51.3 Å². The van der Waals surface area contributed by atoms with Gasteiger partial charge in [0.15, 0.2) is 0 Å². The number of piperidine rings is 2. The lowest BCUT2D eigenvalue weighted by molar-refractivity contribution is -0.144. The second-order valence-corrected chi connectivity index (χ2v) is 7.35. The fourth-order valence-corrected chi connectivity index (χ4v) is 4.31. The van der Waals surface area contributed by atoms with Crippen molar-refractivity contribution in [2.75, 3.05) is 19.6 Å². The van der Waals surface area contributed by atoms with Gasteiger partial charge in [-0.1, -0.05) is 6.92 Å². The summed E-state index contributed by atoms with van der Waals surface area (Å²) in [5, 5.41) is 0. The summed E-state index contributed by atoms with van der Waals surface area (Å²) in [5.41, 5.74) is 0. The van der Waals surface area contributed by atoms with E-state index in [4.69, 9.17) is 0 Å². The average Bonchev–Trinajstić information content (AvgIpc) is 3.02. The van der Waals surface area contributed by atoms with E-state index in [1.165, 1.54) is 0 Å². The Morgan fingerprint density at radius 2 is 2.16 bits per heavy atom. The highest BCUT2D eigenvalue weighted by Gasteiger charge is 2.39. The highest BCUT2D eigenvalue weighted by Crippen LogP contribution is 2.31. The van der Waals surface area contributed by atoms with Crippen LogP contribution in [0.4, 0.5) is 0 Å². The Morgan fingerprint density at radius 3 is 2.88 bits per heavy atom. The quantitative estimate of drug-likeness (QED) is 0.793. The number of imidazole rings is 1. The lowest BCUT2D eigenvalue weighted by Crippen LogP contribution is -2.57. The van der Waals surface area contributed by atoms with Gasteiger partial charge in [0.25, 0.3) is 0 Å². The molecule has 3 heterocycles. The zero-order valence-corrected chi connectivity index (χ0v) is 15.5. The predicted molar refractivity (Wildman–Crippen MR) is 95.9 cm³/mol. The summed E-state index contributed by atoms with van der Waals surface area (Å²) in [5.74, 6) is 2.02. The second kappa shape index (κ2) is 8.02. The van der Waals surface area contributed by atoms with Crippen molar-refractivity contribution in [3.63, 3.8) is 0 Å². The Bertz CT molecular complexity index is 612. The third-order valence-electron chi connectivity index (χ3n) is 5.67. The van der Waals surface area contributed by atoms with Crippen LogP contribution in [-0.4, -0.2) is 56.8 Å². The number of amides is 2. The molecule has 0 saturated carbocycles. The van der Waals surface area contributed by atoms with E-state index in [9.17, 15) is 9.59 Å². The SMILES string of the molecule is CCCN1C(=O)CC[C@H]2CN(C(=O)CCCn3ccnc3C)CC[C@H]21. The van der Waals surface area contributed by atoms with Gasteiger partial charge >= 0.3 is 0 Å². The maximum Gasteiger partial charge on any atom is 0.222 e. The van der Waals surface area contributed by atoms with Gasteiger partial charge in [0.1, 0.15) is 5.82 Å². The van der Waals surface area contributed by atoms with Crippen LogP contribution in [0.5, 0.6) is 0 Å². The molecule has 3 rings (SSSR count). The van der Waals surface area contributed by atoms with Crippen molar-refractivity contribution in [2.24, 2.45) is 5.92 Å². The van der Waals surface area contributed by atoms with Crippen molar-refractivity contribution >= 4 is 11.8 Å². The van der Waals surface area contributed by atoms with E-state index < -0.39 is 0 Å². The minimum Gasteiger partial charge on any atom is -0.342 e. The van der Waals surface area contributed by atoms with Crippen molar-refractivity contribution in [1.82, 2.24) is 19.4 Å². The first kappa shape index (κ1) is 18.0. The molecule has 6 heteroatoms. The van der Waals surface area contributed by atoms with Gasteiger partial charge in [-0.15, -0.1) is 0 Å². The predicted octanol–water partition coefficient (Wildman–Crippen LogP) is 2.22. The number of nitrogens with zero attached hydrogens (tertiary/aromatic N) is 4. The van der Waals surface area contributed by atoms with Gasteiger partial charge in [0, 0.05) is 57.5 Å². The van der Waals surface area contributed by atoms with Gasteiger partial charge < -0.3 is 14.4 Å². The van der Waals surface area contributed by atoms with Crippen LogP contribution in [0.3, 0.4) is 0 Å².